The summed E-state index contributed by atoms with van der Waals surface area (Å²) >= 11 is 0. The molecule has 1 aromatic carbocycles. The average molecular weight is 377 g/mol. The fraction of sp³-hybridized carbons (Fsp3) is 0.0526. The summed E-state index contributed by atoms with van der Waals surface area (Å²) in [5.74, 6) is 0.111. The first-order chi connectivity index (χ1) is 13.5. The van der Waals surface area contributed by atoms with E-state index < -0.39 is 6.03 Å². The van der Waals surface area contributed by atoms with Crippen LogP contribution in [0.3, 0.4) is 0 Å². The van der Waals surface area contributed by atoms with Crippen molar-refractivity contribution in [1.82, 2.24) is 10.1 Å². The van der Waals surface area contributed by atoms with Crippen molar-refractivity contribution in [3.63, 3.8) is 0 Å². The summed E-state index contributed by atoms with van der Waals surface area (Å²) in [4.78, 5) is 28.4. The van der Waals surface area contributed by atoms with Gasteiger partial charge in [0.25, 0.3) is 11.6 Å². The smallest absolute Gasteiger partial charge is 0.316 e. The van der Waals surface area contributed by atoms with Crippen LogP contribution in [0, 0.1) is 6.92 Å². The highest BCUT2D eigenvalue weighted by Crippen LogP contribution is 2.28. The van der Waals surface area contributed by atoms with E-state index >= 15 is 0 Å². The van der Waals surface area contributed by atoms with Gasteiger partial charge >= 0.3 is 6.03 Å². The highest BCUT2D eigenvalue weighted by atomic mass is 16.5. The van der Waals surface area contributed by atoms with E-state index in [0.717, 1.165) is 0 Å². The van der Waals surface area contributed by atoms with E-state index in [-0.39, 0.29) is 11.6 Å². The van der Waals surface area contributed by atoms with E-state index in [9.17, 15) is 9.59 Å². The number of primary amides is 1. The molecule has 140 valence electrons. The monoisotopic (exact) mass is 377 g/mol. The number of hydrogen-bond donors (Lipinski definition) is 3. The molecule has 4 N–H and O–H groups in total. The molecule has 0 saturated carbocycles. The number of hydrogen-bond acceptors (Lipinski definition) is 6. The van der Waals surface area contributed by atoms with Crippen LogP contribution in [0.25, 0.3) is 22.6 Å². The molecule has 0 radical (unpaired) electrons. The van der Waals surface area contributed by atoms with Crippen LogP contribution in [0.4, 0.5) is 16.2 Å². The minimum atomic E-state index is -0.692. The molecule has 0 bridgehead atoms. The summed E-state index contributed by atoms with van der Waals surface area (Å²) in [7, 11) is 0. The summed E-state index contributed by atoms with van der Waals surface area (Å²) in [6, 6.07) is 11.0. The number of aryl methyl sites for hydroxylation is 1. The van der Waals surface area contributed by atoms with Crippen molar-refractivity contribution >= 4 is 34.4 Å². The van der Waals surface area contributed by atoms with E-state index in [0.29, 0.717) is 39.5 Å². The van der Waals surface area contributed by atoms with Crippen molar-refractivity contribution in [3.05, 3.63) is 60.0 Å². The number of nitrogens with one attached hydrogen (secondary N) is 2. The van der Waals surface area contributed by atoms with E-state index in [2.05, 4.69) is 20.8 Å². The maximum absolute atomic E-state index is 13.0. The molecular formula is C19H15N5O4. The van der Waals surface area contributed by atoms with Gasteiger partial charge in [0.2, 0.25) is 0 Å². The molecule has 0 aliphatic rings. The SMILES string of the molecule is Cc1noc2nc(-c3ccco3)cc(C(=O)Nc3cccc(NC(N)=O)c3)c12. The lowest BCUT2D eigenvalue weighted by Gasteiger charge is -2.09. The lowest BCUT2D eigenvalue weighted by molar-refractivity contribution is 0.102. The van der Waals surface area contributed by atoms with Gasteiger partial charge in [-0.15, -0.1) is 0 Å². The predicted molar refractivity (Wildman–Crippen MR) is 102 cm³/mol. The third-order valence-corrected chi connectivity index (χ3v) is 4.02. The standard InChI is InChI=1S/C19H15N5O4/c1-10-16-13(9-14(15-6-3-7-27-15)23-18(16)28-24-10)17(25)21-11-4-2-5-12(8-11)22-19(20)26/h2-9H,1H3,(H,21,25)(H3,20,22,26). The van der Waals surface area contributed by atoms with Gasteiger partial charge in [0.05, 0.1) is 22.9 Å². The Morgan fingerprint density at radius 3 is 2.57 bits per heavy atom. The number of anilines is 2. The Morgan fingerprint density at radius 2 is 1.86 bits per heavy atom. The zero-order chi connectivity index (χ0) is 19.7. The van der Waals surface area contributed by atoms with Crippen LogP contribution in [0.5, 0.6) is 0 Å². The molecule has 9 nitrogen and oxygen atoms in total. The number of urea groups is 1. The second-order valence-corrected chi connectivity index (χ2v) is 6.00. The van der Waals surface area contributed by atoms with Crippen LogP contribution in [-0.4, -0.2) is 22.1 Å². The van der Waals surface area contributed by atoms with Crippen LogP contribution in [0.15, 0.2) is 57.7 Å². The van der Waals surface area contributed by atoms with Crippen molar-refractivity contribution in [2.45, 2.75) is 6.92 Å². The normalized spacial score (nSPS) is 10.8. The molecule has 0 saturated heterocycles. The number of rotatable bonds is 4. The van der Waals surface area contributed by atoms with Gasteiger partial charge in [-0.05, 0) is 43.3 Å². The largest absolute Gasteiger partial charge is 0.463 e. The van der Waals surface area contributed by atoms with Crippen LogP contribution in [0.1, 0.15) is 16.1 Å². The Hall–Kier alpha value is -4.14. The summed E-state index contributed by atoms with van der Waals surface area (Å²) < 4.78 is 10.6. The van der Waals surface area contributed by atoms with Crippen LogP contribution >= 0.6 is 0 Å². The average Bonchev–Trinajstić information content (AvgIpc) is 3.31. The second-order valence-electron chi connectivity index (χ2n) is 6.00. The number of fused-ring (bicyclic) bond motifs is 1. The first-order valence-corrected chi connectivity index (χ1v) is 8.30. The molecule has 28 heavy (non-hydrogen) atoms. The zero-order valence-electron chi connectivity index (χ0n) is 14.7. The number of carbonyl (C=O) groups excluding carboxylic acids is 2. The second kappa shape index (κ2) is 6.88. The van der Waals surface area contributed by atoms with Crippen LogP contribution in [0.2, 0.25) is 0 Å². The lowest BCUT2D eigenvalue weighted by Crippen LogP contribution is -2.19. The van der Waals surface area contributed by atoms with Crippen molar-refractivity contribution in [1.29, 1.82) is 0 Å². The molecule has 0 atom stereocenters. The van der Waals surface area contributed by atoms with Gasteiger partial charge in [-0.2, -0.15) is 0 Å². The predicted octanol–water partition coefficient (Wildman–Crippen LogP) is 3.53. The third kappa shape index (κ3) is 3.28. The van der Waals surface area contributed by atoms with Gasteiger partial charge < -0.3 is 25.3 Å². The number of aromatic nitrogens is 2. The summed E-state index contributed by atoms with van der Waals surface area (Å²) in [6.45, 7) is 1.73. The van der Waals surface area contributed by atoms with Crippen molar-refractivity contribution in [3.8, 4) is 11.5 Å². The van der Waals surface area contributed by atoms with Crippen LogP contribution in [-0.2, 0) is 0 Å². The van der Waals surface area contributed by atoms with Gasteiger partial charge in [-0.1, -0.05) is 11.2 Å². The number of carbonyl (C=O) groups is 2. The van der Waals surface area contributed by atoms with Crippen molar-refractivity contribution in [2.75, 3.05) is 10.6 Å². The van der Waals surface area contributed by atoms with E-state index in [1.807, 2.05) is 0 Å². The fourth-order valence-electron chi connectivity index (χ4n) is 2.84. The highest BCUT2D eigenvalue weighted by molar-refractivity contribution is 6.13. The Morgan fingerprint density at radius 1 is 1.07 bits per heavy atom. The minimum Gasteiger partial charge on any atom is -0.463 e. The van der Waals surface area contributed by atoms with Gasteiger partial charge in [0, 0.05) is 11.4 Å². The van der Waals surface area contributed by atoms with E-state index in [1.54, 1.807) is 49.4 Å². The summed E-state index contributed by atoms with van der Waals surface area (Å²) in [6.07, 6.45) is 1.52. The Balaban J connectivity index is 1.73. The molecule has 9 heteroatoms. The molecule has 0 fully saturated rings. The zero-order valence-corrected chi connectivity index (χ0v) is 14.7. The Bertz CT molecular complexity index is 1180. The third-order valence-electron chi connectivity index (χ3n) is 4.02. The number of furan rings is 1. The maximum Gasteiger partial charge on any atom is 0.316 e. The van der Waals surface area contributed by atoms with Crippen LogP contribution < -0.4 is 16.4 Å². The molecule has 0 unspecified atom stereocenters. The molecule has 3 aromatic heterocycles. The minimum absolute atomic E-state index is 0.237. The van der Waals surface area contributed by atoms with E-state index in [1.165, 1.54) is 6.26 Å². The molecular weight excluding hydrogens is 362 g/mol. The molecule has 4 rings (SSSR count). The molecule has 0 aliphatic carbocycles. The number of benzene rings is 1. The lowest BCUT2D eigenvalue weighted by atomic mass is 10.1. The summed E-state index contributed by atoms with van der Waals surface area (Å²) in [5.41, 5.74) is 7.63. The van der Waals surface area contributed by atoms with Gasteiger partial charge in [-0.25, -0.2) is 9.78 Å². The maximum atomic E-state index is 13.0. The number of pyridine rings is 1. The van der Waals surface area contributed by atoms with Crippen molar-refractivity contribution in [2.24, 2.45) is 5.73 Å². The van der Waals surface area contributed by atoms with Gasteiger partial charge in [0.1, 0.15) is 5.69 Å². The molecule has 0 aliphatic heterocycles. The first kappa shape index (κ1) is 17.3. The number of nitrogens with zero attached hydrogens (tertiary/aromatic N) is 2. The highest BCUT2D eigenvalue weighted by Gasteiger charge is 2.20. The Labute approximate surface area is 158 Å². The Kier molecular flexibility index (Phi) is 4.24. The molecule has 4 aromatic rings. The van der Waals surface area contributed by atoms with E-state index in [4.69, 9.17) is 14.7 Å². The molecule has 3 amide bonds. The fourth-order valence-corrected chi connectivity index (χ4v) is 2.84. The first-order valence-electron chi connectivity index (χ1n) is 8.30. The molecule has 3 heterocycles. The number of amides is 3. The quantitative estimate of drug-likeness (QED) is 0.497. The van der Waals surface area contributed by atoms with Crippen molar-refractivity contribution < 1.29 is 18.5 Å². The molecule has 0 spiro atoms. The number of nitrogens with two attached hydrogens (primary N) is 1. The topological polar surface area (TPSA) is 136 Å². The van der Waals surface area contributed by atoms with Gasteiger partial charge in [-0.3, -0.25) is 4.79 Å². The van der Waals surface area contributed by atoms with Gasteiger partial charge in [0.15, 0.2) is 5.76 Å². The summed E-state index contributed by atoms with van der Waals surface area (Å²) in [5, 5.41) is 9.67.